The van der Waals surface area contributed by atoms with Gasteiger partial charge in [0.25, 0.3) is 0 Å². The Morgan fingerprint density at radius 1 is 0.456 bits per heavy atom. The maximum Gasteiger partial charge on any atom is 0.343 e. The van der Waals surface area contributed by atoms with Gasteiger partial charge >= 0.3 is 11.9 Å². The fourth-order valence-corrected chi connectivity index (χ4v) is 5.00. The molecule has 2 N–H and O–H groups in total. The summed E-state index contributed by atoms with van der Waals surface area (Å²) in [4.78, 5) is 50.6. The molecule has 18 nitrogen and oxygen atoms in total. The first-order valence-electron chi connectivity index (χ1n) is 16.6. The van der Waals surface area contributed by atoms with Crippen LogP contribution in [0.2, 0.25) is 0 Å². The molecule has 0 aromatic heterocycles. The summed E-state index contributed by atoms with van der Waals surface area (Å²) in [6.45, 7) is 0. The third-order valence-corrected chi connectivity index (χ3v) is 7.71. The zero-order chi connectivity index (χ0) is 41.5. The molecule has 18 heteroatoms. The third kappa shape index (κ3) is 10.8. The smallest absolute Gasteiger partial charge is 0.343 e. The van der Waals surface area contributed by atoms with Crippen LogP contribution < -0.4 is 58.2 Å². The highest BCUT2D eigenvalue weighted by molar-refractivity contribution is 5.98. The molecule has 0 unspecified atom stereocenters. The number of carbonyl (C=O) groups excluding carboxylic acids is 4. The molecular formula is C39H40N4O14. The van der Waals surface area contributed by atoms with Crippen molar-refractivity contribution in [2.45, 2.75) is 6.42 Å². The minimum Gasteiger partial charge on any atom is -0.493 e. The number of hydrogen-bond donors (Lipinski definition) is 2. The molecular weight excluding hydrogens is 748 g/mol. The lowest BCUT2D eigenvalue weighted by Crippen LogP contribution is -2.27. The summed E-state index contributed by atoms with van der Waals surface area (Å²) in [5.41, 5.74) is 5.74. The number of hydrazone groups is 2. The number of methoxy groups -OCH3 is 8. The van der Waals surface area contributed by atoms with Gasteiger partial charge in [0.05, 0.1) is 80.4 Å². The van der Waals surface area contributed by atoms with Crippen LogP contribution in [-0.4, -0.2) is 93.1 Å². The van der Waals surface area contributed by atoms with Gasteiger partial charge in [-0.2, -0.15) is 10.2 Å². The molecule has 0 heterocycles. The average Bonchev–Trinajstić information content (AvgIpc) is 3.22. The highest BCUT2D eigenvalue weighted by atomic mass is 16.6. The standard InChI is InChI=1S/C39H40N4O14/c1-48-28-13-22(9-11-26(28)56-38(46)24-15-30(50-3)36(54-7)31(16-24)51-4)20-40-42-34(44)19-35(45)43-41-21-23-10-12-27(29(14-23)49-2)57-39(47)25-17-32(52-5)37(55-8)33(18-25)53-6/h9-18,20-21H,19H2,1-8H3,(H,42,44)(H,43,45)/b40-20-,41-21-. The van der Waals surface area contributed by atoms with E-state index in [9.17, 15) is 19.2 Å². The van der Waals surface area contributed by atoms with E-state index in [1.54, 1.807) is 12.1 Å². The van der Waals surface area contributed by atoms with Crippen LogP contribution in [0.5, 0.6) is 57.5 Å². The summed E-state index contributed by atoms with van der Waals surface area (Å²) in [7, 11) is 11.4. The van der Waals surface area contributed by atoms with Crippen molar-refractivity contribution in [1.29, 1.82) is 0 Å². The highest BCUT2D eigenvalue weighted by Gasteiger charge is 2.21. The molecule has 0 atom stereocenters. The van der Waals surface area contributed by atoms with Crippen molar-refractivity contribution in [2.24, 2.45) is 10.2 Å². The van der Waals surface area contributed by atoms with Crippen molar-refractivity contribution in [3.63, 3.8) is 0 Å². The van der Waals surface area contributed by atoms with Crippen LogP contribution >= 0.6 is 0 Å². The summed E-state index contributed by atoms with van der Waals surface area (Å²) in [6, 6.07) is 15.0. The van der Waals surface area contributed by atoms with E-state index < -0.39 is 30.2 Å². The molecule has 0 saturated heterocycles. The summed E-state index contributed by atoms with van der Waals surface area (Å²) in [5, 5.41) is 7.74. The monoisotopic (exact) mass is 788 g/mol. The fourth-order valence-electron chi connectivity index (χ4n) is 5.00. The Balaban J connectivity index is 1.30. The first-order chi connectivity index (χ1) is 27.5. The number of benzene rings is 4. The fraction of sp³-hybridized carbons (Fsp3) is 0.231. The Hall–Kier alpha value is -7.50. The van der Waals surface area contributed by atoms with E-state index in [0.29, 0.717) is 22.6 Å². The lowest BCUT2D eigenvalue weighted by molar-refractivity contribution is -0.129. The molecule has 0 aliphatic heterocycles. The second-order valence-corrected chi connectivity index (χ2v) is 11.2. The Labute approximate surface area is 327 Å². The van der Waals surface area contributed by atoms with E-state index in [1.165, 1.54) is 118 Å². The molecule has 4 aromatic rings. The molecule has 0 bridgehead atoms. The van der Waals surface area contributed by atoms with Crippen LogP contribution in [0.25, 0.3) is 0 Å². The van der Waals surface area contributed by atoms with Gasteiger partial charge in [-0.05, 0) is 71.8 Å². The zero-order valence-corrected chi connectivity index (χ0v) is 32.2. The molecule has 0 saturated carbocycles. The molecule has 300 valence electrons. The SMILES string of the molecule is COc1cc(/C=N\NC(=O)CC(=O)N/N=C\c2ccc(OC(=O)c3cc(OC)c(OC)c(OC)c3)c(OC)c2)ccc1OC(=O)c1cc(OC)c(OC)c(OC)c1. The van der Waals surface area contributed by atoms with Gasteiger partial charge in [-0.25, -0.2) is 20.4 Å². The predicted molar refractivity (Wildman–Crippen MR) is 204 cm³/mol. The van der Waals surface area contributed by atoms with Crippen molar-refractivity contribution in [1.82, 2.24) is 10.9 Å². The normalized spacial score (nSPS) is 10.7. The van der Waals surface area contributed by atoms with Crippen LogP contribution in [0, 0.1) is 0 Å². The lowest BCUT2D eigenvalue weighted by atomic mass is 10.1. The molecule has 0 aliphatic carbocycles. The molecule has 0 fully saturated rings. The van der Waals surface area contributed by atoms with Crippen LogP contribution in [0.1, 0.15) is 38.3 Å². The Kier molecular flexibility index (Phi) is 15.0. The second kappa shape index (κ2) is 20.3. The van der Waals surface area contributed by atoms with Crippen LogP contribution in [-0.2, 0) is 9.59 Å². The Morgan fingerprint density at radius 2 is 0.789 bits per heavy atom. The number of hydrogen-bond acceptors (Lipinski definition) is 16. The molecule has 4 aromatic carbocycles. The molecule has 0 aliphatic rings. The van der Waals surface area contributed by atoms with Gasteiger partial charge in [0, 0.05) is 0 Å². The van der Waals surface area contributed by atoms with Gasteiger partial charge < -0.3 is 47.4 Å². The van der Waals surface area contributed by atoms with Gasteiger partial charge in [0.15, 0.2) is 46.0 Å². The maximum atomic E-state index is 13.0. The topological polar surface area (TPSA) is 209 Å². The first-order valence-corrected chi connectivity index (χ1v) is 16.6. The van der Waals surface area contributed by atoms with Crippen LogP contribution in [0.4, 0.5) is 0 Å². The van der Waals surface area contributed by atoms with E-state index >= 15 is 0 Å². The number of amides is 2. The summed E-state index contributed by atoms with van der Waals surface area (Å²) in [6.07, 6.45) is 2.02. The lowest BCUT2D eigenvalue weighted by Gasteiger charge is -2.14. The van der Waals surface area contributed by atoms with E-state index in [1.807, 2.05) is 0 Å². The number of rotatable bonds is 18. The molecule has 2 amide bonds. The van der Waals surface area contributed by atoms with Crippen molar-refractivity contribution in [3.8, 4) is 57.5 Å². The average molecular weight is 789 g/mol. The number of nitrogens with one attached hydrogen (secondary N) is 2. The summed E-state index contributed by atoms with van der Waals surface area (Å²) >= 11 is 0. The van der Waals surface area contributed by atoms with Gasteiger partial charge in [0.1, 0.15) is 6.42 Å². The van der Waals surface area contributed by atoms with Gasteiger partial charge in [-0.15, -0.1) is 0 Å². The third-order valence-electron chi connectivity index (χ3n) is 7.71. The van der Waals surface area contributed by atoms with E-state index in [4.69, 9.17) is 47.4 Å². The van der Waals surface area contributed by atoms with Crippen molar-refractivity contribution < 1.29 is 66.5 Å². The van der Waals surface area contributed by atoms with Crippen molar-refractivity contribution >= 4 is 36.2 Å². The van der Waals surface area contributed by atoms with Gasteiger partial charge in [0.2, 0.25) is 23.3 Å². The van der Waals surface area contributed by atoms with Gasteiger partial charge in [-0.1, -0.05) is 0 Å². The van der Waals surface area contributed by atoms with Crippen LogP contribution in [0.15, 0.2) is 70.9 Å². The minimum absolute atomic E-state index is 0.111. The van der Waals surface area contributed by atoms with Crippen molar-refractivity contribution in [2.75, 3.05) is 56.9 Å². The zero-order valence-electron chi connectivity index (χ0n) is 32.2. The second-order valence-electron chi connectivity index (χ2n) is 11.2. The predicted octanol–water partition coefficient (Wildman–Crippen LogP) is 4.18. The summed E-state index contributed by atoms with van der Waals surface area (Å²) in [5.74, 6) is -0.513. The summed E-state index contributed by atoms with van der Waals surface area (Å²) < 4.78 is 53.6. The maximum absolute atomic E-state index is 13.0. The molecule has 4 rings (SSSR count). The molecule has 57 heavy (non-hydrogen) atoms. The Morgan fingerprint density at radius 3 is 1.09 bits per heavy atom. The van der Waals surface area contributed by atoms with E-state index in [2.05, 4.69) is 21.1 Å². The van der Waals surface area contributed by atoms with E-state index in [0.717, 1.165) is 0 Å². The molecule has 0 radical (unpaired) electrons. The number of carbonyl (C=O) groups is 4. The molecule has 0 spiro atoms. The van der Waals surface area contributed by atoms with Crippen LogP contribution in [0.3, 0.4) is 0 Å². The number of ether oxygens (including phenoxy) is 10. The largest absolute Gasteiger partial charge is 0.493 e. The van der Waals surface area contributed by atoms with Gasteiger partial charge in [-0.3, -0.25) is 9.59 Å². The van der Waals surface area contributed by atoms with E-state index in [-0.39, 0.29) is 57.1 Å². The first kappa shape index (κ1) is 42.2. The quantitative estimate of drug-likeness (QED) is 0.0477. The minimum atomic E-state index is -0.721. The number of nitrogens with zero attached hydrogens (tertiary/aromatic N) is 2. The number of esters is 2. The highest BCUT2D eigenvalue weighted by Crippen LogP contribution is 2.40. The van der Waals surface area contributed by atoms with Crippen molar-refractivity contribution in [3.05, 3.63) is 82.9 Å². The Bertz CT molecular complexity index is 1970.